The Hall–Kier alpha value is -0.890. The molecular weight excluding hydrogens is 314 g/mol. The van der Waals surface area contributed by atoms with Gasteiger partial charge in [-0.15, -0.1) is 0 Å². The second kappa shape index (κ2) is 6.48. The zero-order valence-electron chi connectivity index (χ0n) is 12.3. The highest BCUT2D eigenvalue weighted by molar-refractivity contribution is 7.89. The smallest absolute Gasteiger partial charge is 0.245 e. The lowest BCUT2D eigenvalue weighted by atomic mass is 10.2. The molecule has 2 rings (SSSR count). The van der Waals surface area contributed by atoms with Crippen LogP contribution in [0.2, 0.25) is 5.02 Å². The van der Waals surface area contributed by atoms with Gasteiger partial charge in [-0.3, -0.25) is 0 Å². The summed E-state index contributed by atoms with van der Waals surface area (Å²) >= 11 is 6.09. The third kappa shape index (κ3) is 3.48. The van der Waals surface area contributed by atoms with Crippen molar-refractivity contribution in [3.63, 3.8) is 0 Å². The summed E-state index contributed by atoms with van der Waals surface area (Å²) in [6.07, 6.45) is 1.21. The Labute approximate surface area is 130 Å². The van der Waals surface area contributed by atoms with Gasteiger partial charge in [0.1, 0.15) is 10.7 Å². The van der Waals surface area contributed by atoms with Gasteiger partial charge >= 0.3 is 0 Å². The molecule has 0 amide bonds. The van der Waals surface area contributed by atoms with Crippen molar-refractivity contribution in [2.24, 2.45) is 0 Å². The zero-order valence-corrected chi connectivity index (χ0v) is 13.9. The van der Waals surface area contributed by atoms with E-state index in [4.69, 9.17) is 16.3 Å². The van der Waals surface area contributed by atoms with Gasteiger partial charge in [-0.25, -0.2) is 13.4 Å². The summed E-state index contributed by atoms with van der Waals surface area (Å²) in [6.45, 7) is 6.97. The third-order valence-electron chi connectivity index (χ3n) is 3.32. The molecule has 2 unspecified atom stereocenters. The van der Waals surface area contributed by atoms with Crippen LogP contribution in [0.4, 0.5) is 5.82 Å². The standard InChI is InChI=1S/C13H20ClN3O3S/c1-4-15-13-12(14)5-11(6-16-13)21(18,19)17-7-10(3)20-8-9(17)2/h5-6,9-10H,4,7-8H2,1-3H3,(H,15,16). The van der Waals surface area contributed by atoms with Gasteiger partial charge in [-0.1, -0.05) is 11.6 Å². The Kier molecular flexibility index (Phi) is 5.08. The Morgan fingerprint density at radius 1 is 1.52 bits per heavy atom. The highest BCUT2D eigenvalue weighted by Gasteiger charge is 2.34. The number of aromatic nitrogens is 1. The molecule has 21 heavy (non-hydrogen) atoms. The minimum absolute atomic E-state index is 0.107. The second-order valence-corrected chi connectivity index (χ2v) is 7.40. The highest BCUT2D eigenvalue weighted by Crippen LogP contribution is 2.27. The van der Waals surface area contributed by atoms with Crippen LogP contribution in [0.5, 0.6) is 0 Å². The SMILES string of the molecule is CCNc1ncc(S(=O)(=O)N2CC(C)OCC2C)cc1Cl. The number of pyridine rings is 1. The first-order valence-electron chi connectivity index (χ1n) is 6.89. The molecule has 6 nitrogen and oxygen atoms in total. The minimum Gasteiger partial charge on any atom is -0.375 e. The predicted molar refractivity (Wildman–Crippen MR) is 82.2 cm³/mol. The van der Waals surface area contributed by atoms with Gasteiger partial charge in [0.2, 0.25) is 10.0 Å². The molecule has 1 N–H and O–H groups in total. The van der Waals surface area contributed by atoms with E-state index in [1.807, 2.05) is 20.8 Å². The van der Waals surface area contributed by atoms with Crippen LogP contribution >= 0.6 is 11.6 Å². The fraction of sp³-hybridized carbons (Fsp3) is 0.615. The summed E-state index contributed by atoms with van der Waals surface area (Å²) in [5, 5.41) is 3.28. The number of nitrogens with one attached hydrogen (secondary N) is 1. The Balaban J connectivity index is 2.32. The van der Waals surface area contributed by atoms with E-state index < -0.39 is 10.0 Å². The fourth-order valence-corrected chi connectivity index (χ4v) is 4.16. The molecule has 1 aliphatic heterocycles. The number of ether oxygens (including phenoxy) is 1. The van der Waals surface area contributed by atoms with Crippen molar-refractivity contribution >= 4 is 27.4 Å². The van der Waals surface area contributed by atoms with Gasteiger partial charge in [-0.2, -0.15) is 4.31 Å². The quantitative estimate of drug-likeness (QED) is 0.912. The van der Waals surface area contributed by atoms with Crippen molar-refractivity contribution < 1.29 is 13.2 Å². The van der Waals surface area contributed by atoms with E-state index >= 15 is 0 Å². The molecule has 1 aromatic heterocycles. The first kappa shape index (κ1) is 16.5. The maximum atomic E-state index is 12.7. The number of hydrogen-bond acceptors (Lipinski definition) is 5. The van der Waals surface area contributed by atoms with Crippen LogP contribution in [0.25, 0.3) is 0 Å². The number of anilines is 1. The van der Waals surface area contributed by atoms with Gasteiger partial charge in [-0.05, 0) is 26.8 Å². The van der Waals surface area contributed by atoms with Crippen LogP contribution in [-0.4, -0.2) is 49.5 Å². The van der Waals surface area contributed by atoms with E-state index in [0.717, 1.165) is 0 Å². The zero-order chi connectivity index (χ0) is 15.6. The summed E-state index contributed by atoms with van der Waals surface area (Å²) in [5.74, 6) is 0.488. The van der Waals surface area contributed by atoms with Crippen molar-refractivity contribution in [1.29, 1.82) is 0 Å². The predicted octanol–water partition coefficient (Wildman–Crippen LogP) is 1.96. The molecule has 0 bridgehead atoms. The Bertz CT molecular complexity index is 609. The highest BCUT2D eigenvalue weighted by atomic mass is 35.5. The van der Waals surface area contributed by atoms with E-state index in [9.17, 15) is 8.42 Å². The number of rotatable bonds is 4. The molecule has 8 heteroatoms. The van der Waals surface area contributed by atoms with Gasteiger partial charge in [0.25, 0.3) is 0 Å². The molecule has 0 radical (unpaired) electrons. The molecule has 1 aromatic rings. The second-order valence-electron chi connectivity index (χ2n) is 5.10. The molecule has 1 saturated heterocycles. The molecule has 118 valence electrons. The normalized spacial score (nSPS) is 24.0. The first-order chi connectivity index (χ1) is 9.86. The van der Waals surface area contributed by atoms with Crippen LogP contribution < -0.4 is 5.32 Å². The maximum Gasteiger partial charge on any atom is 0.245 e. The lowest BCUT2D eigenvalue weighted by Crippen LogP contribution is -2.50. The molecule has 0 spiro atoms. The topological polar surface area (TPSA) is 71.5 Å². The largest absolute Gasteiger partial charge is 0.375 e. The van der Waals surface area contributed by atoms with Crippen molar-refractivity contribution in [2.45, 2.75) is 37.8 Å². The van der Waals surface area contributed by atoms with Gasteiger partial charge in [0.15, 0.2) is 0 Å². The number of morpholine rings is 1. The van der Waals surface area contributed by atoms with Crippen LogP contribution in [-0.2, 0) is 14.8 Å². The summed E-state index contributed by atoms with van der Waals surface area (Å²) in [7, 11) is -3.62. The van der Waals surface area contributed by atoms with Crippen LogP contribution in [0.1, 0.15) is 20.8 Å². The van der Waals surface area contributed by atoms with Crippen molar-refractivity contribution in [3.8, 4) is 0 Å². The van der Waals surface area contributed by atoms with Gasteiger partial charge in [0.05, 0.1) is 17.7 Å². The van der Waals surface area contributed by atoms with Crippen LogP contribution in [0.3, 0.4) is 0 Å². The molecule has 0 saturated carbocycles. The molecule has 1 fully saturated rings. The van der Waals surface area contributed by atoms with Crippen molar-refractivity contribution in [2.75, 3.05) is 25.0 Å². The lowest BCUT2D eigenvalue weighted by Gasteiger charge is -2.35. The molecule has 0 aromatic carbocycles. The molecule has 2 atom stereocenters. The van der Waals surface area contributed by atoms with Gasteiger partial charge in [0, 0.05) is 25.3 Å². The van der Waals surface area contributed by atoms with Crippen LogP contribution in [0.15, 0.2) is 17.2 Å². The van der Waals surface area contributed by atoms with Crippen LogP contribution in [0, 0.1) is 0 Å². The average molecular weight is 334 g/mol. The lowest BCUT2D eigenvalue weighted by molar-refractivity contribution is -0.0170. The average Bonchev–Trinajstić information content (AvgIpc) is 2.43. The summed E-state index contributed by atoms with van der Waals surface area (Å²) in [5.41, 5.74) is 0. The van der Waals surface area contributed by atoms with E-state index in [-0.39, 0.29) is 17.0 Å². The number of hydrogen-bond donors (Lipinski definition) is 1. The van der Waals surface area contributed by atoms with Crippen molar-refractivity contribution in [3.05, 3.63) is 17.3 Å². The summed E-state index contributed by atoms with van der Waals surface area (Å²) in [6, 6.07) is 1.23. The third-order valence-corrected chi connectivity index (χ3v) is 5.55. The minimum atomic E-state index is -3.62. The number of sulfonamides is 1. The first-order valence-corrected chi connectivity index (χ1v) is 8.71. The summed E-state index contributed by atoms with van der Waals surface area (Å²) in [4.78, 5) is 4.20. The Morgan fingerprint density at radius 2 is 2.24 bits per heavy atom. The van der Waals surface area contributed by atoms with Crippen molar-refractivity contribution in [1.82, 2.24) is 9.29 Å². The van der Waals surface area contributed by atoms with E-state index in [2.05, 4.69) is 10.3 Å². The molecular formula is C13H20ClN3O3S. The molecule has 1 aliphatic rings. The maximum absolute atomic E-state index is 12.7. The van der Waals surface area contributed by atoms with E-state index in [1.165, 1.54) is 16.6 Å². The Morgan fingerprint density at radius 3 is 2.86 bits per heavy atom. The molecule has 0 aliphatic carbocycles. The fourth-order valence-electron chi connectivity index (χ4n) is 2.20. The number of nitrogens with zero attached hydrogens (tertiary/aromatic N) is 2. The molecule has 2 heterocycles. The van der Waals surface area contributed by atoms with Gasteiger partial charge < -0.3 is 10.1 Å². The monoisotopic (exact) mass is 333 g/mol. The van der Waals surface area contributed by atoms with E-state index in [0.29, 0.717) is 30.5 Å². The van der Waals surface area contributed by atoms with E-state index in [1.54, 1.807) is 0 Å². The summed E-state index contributed by atoms with van der Waals surface area (Å²) < 4.78 is 32.3. The number of halogens is 1.